The molecule has 0 unspecified atom stereocenters. The van der Waals surface area contributed by atoms with E-state index in [2.05, 4.69) is 5.16 Å². The predicted octanol–water partition coefficient (Wildman–Crippen LogP) is 2.30. The van der Waals surface area contributed by atoms with Crippen molar-refractivity contribution in [2.45, 2.75) is 17.8 Å². The van der Waals surface area contributed by atoms with E-state index in [1.807, 2.05) is 36.0 Å². The molecule has 0 aromatic heterocycles. The summed E-state index contributed by atoms with van der Waals surface area (Å²) in [6.07, 6.45) is 1.23. The molecule has 0 N–H and O–H groups in total. The highest BCUT2D eigenvalue weighted by molar-refractivity contribution is 8.06. The van der Waals surface area contributed by atoms with Crippen molar-refractivity contribution in [3.63, 3.8) is 0 Å². The number of hydrogen-bond acceptors (Lipinski definition) is 4. The zero-order chi connectivity index (χ0) is 11.0. The standard InChI is InChI=1S/C12H13NO2S/c1-14-9-4-2-8(3-5-9)10-6-11(15-13-10)12-7-16-12/h2-5,11-12H,6-7H2,1H3/t11-,12-/m1/s1. The predicted molar refractivity (Wildman–Crippen MR) is 65.3 cm³/mol. The molecule has 1 fully saturated rings. The summed E-state index contributed by atoms with van der Waals surface area (Å²) in [5.41, 5.74) is 2.19. The molecule has 84 valence electrons. The molecule has 0 bridgehead atoms. The number of methoxy groups -OCH3 is 1. The second kappa shape index (κ2) is 4.01. The van der Waals surface area contributed by atoms with Crippen LogP contribution in [-0.4, -0.2) is 29.9 Å². The fourth-order valence-corrected chi connectivity index (χ4v) is 2.51. The van der Waals surface area contributed by atoms with Gasteiger partial charge >= 0.3 is 0 Å². The molecule has 2 aliphatic rings. The van der Waals surface area contributed by atoms with Crippen LogP contribution in [0.2, 0.25) is 0 Å². The first-order valence-corrected chi connectivity index (χ1v) is 6.40. The lowest BCUT2D eigenvalue weighted by atomic mass is 10.0. The summed E-state index contributed by atoms with van der Waals surface area (Å²) in [6.45, 7) is 0. The quantitative estimate of drug-likeness (QED) is 0.753. The highest BCUT2D eigenvalue weighted by atomic mass is 32.2. The molecule has 2 heterocycles. The van der Waals surface area contributed by atoms with Gasteiger partial charge in [-0.25, -0.2) is 0 Å². The van der Waals surface area contributed by atoms with Gasteiger partial charge in [0.05, 0.1) is 18.1 Å². The van der Waals surface area contributed by atoms with Crippen molar-refractivity contribution in [3.05, 3.63) is 29.8 Å². The SMILES string of the molecule is COc1ccc(C2=NO[C@@H]([C@H]3CS3)C2)cc1. The highest BCUT2D eigenvalue weighted by Gasteiger charge is 2.38. The largest absolute Gasteiger partial charge is 0.497 e. The Labute approximate surface area is 98.8 Å². The number of ether oxygens (including phenoxy) is 1. The molecule has 2 aliphatic heterocycles. The van der Waals surface area contributed by atoms with Crippen molar-refractivity contribution in [2.24, 2.45) is 5.16 Å². The van der Waals surface area contributed by atoms with Gasteiger partial charge in [0.15, 0.2) is 0 Å². The van der Waals surface area contributed by atoms with Crippen molar-refractivity contribution < 1.29 is 9.57 Å². The Morgan fingerprint density at radius 3 is 2.75 bits per heavy atom. The third-order valence-corrected chi connectivity index (χ3v) is 3.91. The summed E-state index contributed by atoms with van der Waals surface area (Å²) in [5.74, 6) is 2.09. The lowest BCUT2D eigenvalue weighted by Gasteiger charge is -2.03. The molecule has 3 rings (SSSR count). The lowest BCUT2D eigenvalue weighted by molar-refractivity contribution is 0.0922. The van der Waals surface area contributed by atoms with Gasteiger partial charge in [0.2, 0.25) is 0 Å². The molecule has 0 spiro atoms. The van der Waals surface area contributed by atoms with Gasteiger partial charge in [0, 0.05) is 12.2 Å². The van der Waals surface area contributed by atoms with Gasteiger partial charge in [-0.2, -0.15) is 11.8 Å². The third kappa shape index (κ3) is 1.89. The van der Waals surface area contributed by atoms with Crippen molar-refractivity contribution in [2.75, 3.05) is 12.9 Å². The molecule has 0 aliphatic carbocycles. The first kappa shape index (κ1) is 10.0. The number of thioether (sulfide) groups is 1. The number of rotatable bonds is 3. The Kier molecular flexibility index (Phi) is 2.52. The van der Waals surface area contributed by atoms with Gasteiger partial charge in [0.25, 0.3) is 0 Å². The van der Waals surface area contributed by atoms with Gasteiger partial charge in [-0.05, 0) is 29.8 Å². The maximum absolute atomic E-state index is 5.44. The monoisotopic (exact) mass is 235 g/mol. The average molecular weight is 235 g/mol. The number of nitrogens with zero attached hydrogens (tertiary/aromatic N) is 1. The molecular formula is C12H13NO2S. The molecule has 1 saturated heterocycles. The topological polar surface area (TPSA) is 30.8 Å². The molecule has 0 radical (unpaired) electrons. The van der Waals surface area contributed by atoms with Crippen LogP contribution in [0, 0.1) is 0 Å². The van der Waals surface area contributed by atoms with E-state index in [0.29, 0.717) is 11.4 Å². The summed E-state index contributed by atoms with van der Waals surface area (Å²) >= 11 is 1.95. The molecule has 0 saturated carbocycles. The second-order valence-electron chi connectivity index (χ2n) is 3.99. The van der Waals surface area contributed by atoms with Gasteiger partial charge in [-0.1, -0.05) is 5.16 Å². The van der Waals surface area contributed by atoms with E-state index in [0.717, 1.165) is 23.4 Å². The maximum Gasteiger partial charge on any atom is 0.145 e. The number of benzene rings is 1. The molecule has 1 aromatic rings. The van der Waals surface area contributed by atoms with Crippen LogP contribution in [-0.2, 0) is 4.84 Å². The summed E-state index contributed by atoms with van der Waals surface area (Å²) in [4.78, 5) is 5.44. The third-order valence-electron chi connectivity index (χ3n) is 2.89. The Hall–Kier alpha value is -1.16. The van der Waals surface area contributed by atoms with Crippen LogP contribution < -0.4 is 4.74 Å². The van der Waals surface area contributed by atoms with Crippen molar-refractivity contribution in [1.82, 2.24) is 0 Å². The van der Waals surface area contributed by atoms with Gasteiger partial charge < -0.3 is 9.57 Å². The van der Waals surface area contributed by atoms with Gasteiger partial charge in [0.1, 0.15) is 11.9 Å². The summed E-state index contributed by atoms with van der Waals surface area (Å²) in [7, 11) is 1.67. The Morgan fingerprint density at radius 1 is 1.38 bits per heavy atom. The summed E-state index contributed by atoms with van der Waals surface area (Å²) in [6, 6.07) is 7.97. The van der Waals surface area contributed by atoms with E-state index in [9.17, 15) is 0 Å². The molecule has 3 nitrogen and oxygen atoms in total. The van der Waals surface area contributed by atoms with Gasteiger partial charge in [-0.3, -0.25) is 0 Å². The maximum atomic E-state index is 5.44. The van der Waals surface area contributed by atoms with Crippen LogP contribution in [0.5, 0.6) is 5.75 Å². The minimum atomic E-state index is 0.294. The molecule has 0 amide bonds. The zero-order valence-electron chi connectivity index (χ0n) is 9.05. The van der Waals surface area contributed by atoms with Crippen LogP contribution in [0.25, 0.3) is 0 Å². The van der Waals surface area contributed by atoms with E-state index in [-0.39, 0.29) is 0 Å². The second-order valence-corrected chi connectivity index (χ2v) is 5.26. The zero-order valence-corrected chi connectivity index (χ0v) is 9.87. The van der Waals surface area contributed by atoms with Crippen molar-refractivity contribution in [1.29, 1.82) is 0 Å². The molecule has 2 atom stereocenters. The molecule has 4 heteroatoms. The fourth-order valence-electron chi connectivity index (χ4n) is 1.82. The smallest absolute Gasteiger partial charge is 0.145 e. The summed E-state index contributed by atoms with van der Waals surface area (Å²) in [5, 5.41) is 4.83. The van der Waals surface area contributed by atoms with Crippen LogP contribution >= 0.6 is 11.8 Å². The van der Waals surface area contributed by atoms with Crippen LogP contribution in [0.1, 0.15) is 12.0 Å². The normalized spacial score (nSPS) is 27.2. The Bertz CT molecular complexity index is 412. The number of hydrogen-bond donors (Lipinski definition) is 0. The van der Waals surface area contributed by atoms with E-state index >= 15 is 0 Å². The van der Waals surface area contributed by atoms with Gasteiger partial charge in [-0.15, -0.1) is 0 Å². The van der Waals surface area contributed by atoms with Crippen LogP contribution in [0.3, 0.4) is 0 Å². The number of oxime groups is 1. The molecule has 1 aromatic carbocycles. The molecular weight excluding hydrogens is 222 g/mol. The molecule has 16 heavy (non-hydrogen) atoms. The lowest BCUT2D eigenvalue weighted by Crippen LogP contribution is -2.14. The average Bonchev–Trinajstić information content (AvgIpc) is 3.08. The minimum Gasteiger partial charge on any atom is -0.497 e. The van der Waals surface area contributed by atoms with E-state index in [1.54, 1.807) is 7.11 Å². The Morgan fingerprint density at radius 2 is 2.12 bits per heavy atom. The van der Waals surface area contributed by atoms with E-state index < -0.39 is 0 Å². The van der Waals surface area contributed by atoms with Crippen molar-refractivity contribution >= 4 is 17.5 Å². The van der Waals surface area contributed by atoms with Crippen LogP contribution in [0.15, 0.2) is 29.4 Å². The highest BCUT2D eigenvalue weighted by Crippen LogP contribution is 2.38. The summed E-state index contributed by atoms with van der Waals surface area (Å²) < 4.78 is 5.13. The first-order valence-electron chi connectivity index (χ1n) is 5.35. The van der Waals surface area contributed by atoms with E-state index in [4.69, 9.17) is 9.57 Å². The minimum absolute atomic E-state index is 0.294. The van der Waals surface area contributed by atoms with E-state index in [1.165, 1.54) is 5.75 Å². The Balaban J connectivity index is 1.72. The first-order chi connectivity index (χ1) is 7.86. The van der Waals surface area contributed by atoms with Crippen LogP contribution in [0.4, 0.5) is 0 Å². The van der Waals surface area contributed by atoms with Crippen molar-refractivity contribution in [3.8, 4) is 5.75 Å². The fraction of sp³-hybridized carbons (Fsp3) is 0.417.